The zero-order valence-corrected chi connectivity index (χ0v) is 13.7. The average molecular weight is 365 g/mol. The van der Waals surface area contributed by atoms with Crippen molar-refractivity contribution in [1.29, 1.82) is 0 Å². The predicted molar refractivity (Wildman–Crippen MR) is 80.1 cm³/mol. The lowest BCUT2D eigenvalue weighted by Gasteiger charge is -2.42. The van der Waals surface area contributed by atoms with Gasteiger partial charge >= 0.3 is 0 Å². The van der Waals surface area contributed by atoms with Gasteiger partial charge in [-0.25, -0.2) is 4.39 Å². The first-order chi connectivity index (χ1) is 9.34. The Morgan fingerprint density at radius 2 is 2.30 bits per heavy atom. The van der Waals surface area contributed by atoms with Crippen molar-refractivity contribution in [1.82, 2.24) is 4.90 Å². The van der Waals surface area contributed by atoms with Crippen molar-refractivity contribution in [2.75, 3.05) is 18.4 Å². The number of ether oxygens (including phenoxy) is 1. The van der Waals surface area contributed by atoms with E-state index >= 15 is 0 Å². The summed E-state index contributed by atoms with van der Waals surface area (Å²) in [5, 5.41) is 0.750. The van der Waals surface area contributed by atoms with E-state index in [4.69, 9.17) is 16.3 Å². The topological polar surface area (TPSA) is 29.5 Å². The molecule has 20 heavy (non-hydrogen) atoms. The molecule has 1 aliphatic heterocycles. The van der Waals surface area contributed by atoms with Crippen LogP contribution in [0, 0.1) is 5.82 Å². The molecule has 6 heteroatoms. The van der Waals surface area contributed by atoms with Gasteiger partial charge in [-0.1, -0.05) is 33.6 Å². The Morgan fingerprint density at radius 1 is 1.60 bits per heavy atom. The third kappa shape index (κ3) is 3.32. The number of morpholine rings is 1. The SMILES string of the molecule is CC1(C)CN(C(=O)c2c(F)cccc2Cl)CC(CBr)O1. The minimum Gasteiger partial charge on any atom is -0.368 e. The van der Waals surface area contributed by atoms with Gasteiger partial charge in [-0.3, -0.25) is 4.79 Å². The van der Waals surface area contributed by atoms with Gasteiger partial charge in [0.2, 0.25) is 0 Å². The van der Waals surface area contributed by atoms with Crippen LogP contribution in [0.2, 0.25) is 5.02 Å². The van der Waals surface area contributed by atoms with E-state index < -0.39 is 17.3 Å². The standard InChI is InChI=1S/C14H16BrClFNO2/c1-14(2)8-18(7-9(6-15)20-14)13(19)12-10(16)4-3-5-11(12)17/h3-5,9H,6-8H2,1-2H3. The Hall–Kier alpha value is -0.650. The van der Waals surface area contributed by atoms with Crippen molar-refractivity contribution in [3.05, 3.63) is 34.6 Å². The van der Waals surface area contributed by atoms with Crippen LogP contribution in [0.25, 0.3) is 0 Å². The highest BCUT2D eigenvalue weighted by Gasteiger charge is 2.36. The molecule has 0 bridgehead atoms. The molecule has 0 aliphatic carbocycles. The Kier molecular flexibility index (Phi) is 4.72. The van der Waals surface area contributed by atoms with Crippen LogP contribution in [0.5, 0.6) is 0 Å². The zero-order valence-electron chi connectivity index (χ0n) is 11.3. The molecule has 0 aromatic heterocycles. The smallest absolute Gasteiger partial charge is 0.258 e. The van der Waals surface area contributed by atoms with E-state index in [0.29, 0.717) is 18.4 Å². The van der Waals surface area contributed by atoms with Gasteiger partial charge in [-0.05, 0) is 26.0 Å². The van der Waals surface area contributed by atoms with E-state index in [-0.39, 0.29) is 16.7 Å². The number of nitrogens with zero attached hydrogens (tertiary/aromatic N) is 1. The van der Waals surface area contributed by atoms with Gasteiger partial charge in [0, 0.05) is 18.4 Å². The maximum Gasteiger partial charge on any atom is 0.258 e. The Morgan fingerprint density at radius 3 is 2.90 bits per heavy atom. The summed E-state index contributed by atoms with van der Waals surface area (Å²) in [6.07, 6.45) is -0.117. The van der Waals surface area contributed by atoms with Gasteiger partial charge in [-0.2, -0.15) is 0 Å². The number of rotatable bonds is 2. The molecule has 1 aliphatic rings. The third-order valence-corrected chi connectivity index (χ3v) is 4.15. The fraction of sp³-hybridized carbons (Fsp3) is 0.500. The summed E-state index contributed by atoms with van der Waals surface area (Å²) in [5.41, 5.74) is -0.537. The molecule has 0 radical (unpaired) electrons. The second kappa shape index (κ2) is 6.00. The lowest BCUT2D eigenvalue weighted by molar-refractivity contribution is -0.116. The van der Waals surface area contributed by atoms with Crippen LogP contribution in [0.15, 0.2) is 18.2 Å². The molecule has 2 rings (SSSR count). The number of amides is 1. The third-order valence-electron chi connectivity index (χ3n) is 3.12. The Bertz CT molecular complexity index is 504. The number of hydrogen-bond donors (Lipinski definition) is 0. The first-order valence-corrected chi connectivity index (χ1v) is 7.81. The maximum atomic E-state index is 13.9. The molecular weight excluding hydrogens is 349 g/mol. The summed E-state index contributed by atoms with van der Waals surface area (Å²) < 4.78 is 19.7. The maximum absolute atomic E-state index is 13.9. The highest BCUT2D eigenvalue weighted by atomic mass is 79.9. The number of carbonyl (C=O) groups excluding carboxylic acids is 1. The molecule has 0 saturated carbocycles. The molecule has 3 nitrogen and oxygen atoms in total. The normalized spacial score (nSPS) is 21.9. The first kappa shape index (κ1) is 15.7. The fourth-order valence-corrected chi connectivity index (χ4v) is 2.97. The van der Waals surface area contributed by atoms with E-state index in [0.717, 1.165) is 0 Å². The van der Waals surface area contributed by atoms with Crippen LogP contribution in [-0.2, 0) is 4.74 Å². The van der Waals surface area contributed by atoms with E-state index in [1.165, 1.54) is 18.2 Å². The van der Waals surface area contributed by atoms with Gasteiger partial charge in [0.15, 0.2) is 0 Å². The van der Waals surface area contributed by atoms with E-state index in [1.807, 2.05) is 13.8 Å². The lowest BCUT2D eigenvalue weighted by Crippen LogP contribution is -2.55. The van der Waals surface area contributed by atoms with Gasteiger partial charge in [0.25, 0.3) is 5.91 Å². The monoisotopic (exact) mass is 363 g/mol. The van der Waals surface area contributed by atoms with Crippen molar-refractivity contribution >= 4 is 33.4 Å². The molecule has 1 saturated heterocycles. The molecule has 1 aromatic rings. The number of benzene rings is 1. The van der Waals surface area contributed by atoms with Crippen LogP contribution in [-0.4, -0.2) is 40.9 Å². The Labute approximate surface area is 131 Å². The van der Waals surface area contributed by atoms with Crippen LogP contribution in [0.4, 0.5) is 4.39 Å². The van der Waals surface area contributed by atoms with E-state index in [2.05, 4.69) is 15.9 Å². The van der Waals surface area contributed by atoms with Gasteiger partial charge in [0.1, 0.15) is 5.82 Å². The summed E-state index contributed by atoms with van der Waals surface area (Å²) in [5.74, 6) is -0.988. The molecule has 1 fully saturated rings. The number of alkyl halides is 1. The van der Waals surface area contributed by atoms with Gasteiger partial charge < -0.3 is 9.64 Å². The lowest BCUT2D eigenvalue weighted by atomic mass is 10.0. The van der Waals surface area contributed by atoms with Crippen molar-refractivity contribution in [3.63, 3.8) is 0 Å². The summed E-state index contributed by atoms with van der Waals surface area (Å²) in [6.45, 7) is 4.63. The molecule has 0 N–H and O–H groups in total. The van der Waals surface area contributed by atoms with Crippen molar-refractivity contribution < 1.29 is 13.9 Å². The zero-order chi connectivity index (χ0) is 14.9. The van der Waals surface area contributed by atoms with Gasteiger partial charge in [0.05, 0.1) is 22.3 Å². The fourth-order valence-electron chi connectivity index (χ4n) is 2.39. The summed E-state index contributed by atoms with van der Waals surface area (Å²) >= 11 is 9.32. The number of hydrogen-bond acceptors (Lipinski definition) is 2. The first-order valence-electron chi connectivity index (χ1n) is 6.31. The highest BCUT2D eigenvalue weighted by molar-refractivity contribution is 9.09. The number of halogens is 3. The second-order valence-corrected chi connectivity index (χ2v) is 6.49. The van der Waals surface area contributed by atoms with Crippen LogP contribution in [0.1, 0.15) is 24.2 Å². The summed E-state index contributed by atoms with van der Waals surface area (Å²) in [4.78, 5) is 14.1. The molecule has 1 unspecified atom stereocenters. The molecule has 1 atom stereocenters. The van der Waals surface area contributed by atoms with E-state index in [1.54, 1.807) is 4.90 Å². The van der Waals surface area contributed by atoms with Gasteiger partial charge in [-0.15, -0.1) is 0 Å². The molecule has 1 amide bonds. The average Bonchev–Trinajstić information content (AvgIpc) is 2.36. The van der Waals surface area contributed by atoms with Crippen LogP contribution >= 0.6 is 27.5 Å². The predicted octanol–water partition coefficient (Wildman–Crippen LogP) is 3.49. The molecule has 110 valence electrons. The highest BCUT2D eigenvalue weighted by Crippen LogP contribution is 2.26. The van der Waals surface area contributed by atoms with E-state index in [9.17, 15) is 9.18 Å². The van der Waals surface area contributed by atoms with Crippen LogP contribution in [0.3, 0.4) is 0 Å². The number of carbonyl (C=O) groups is 1. The molecule has 1 aromatic carbocycles. The quantitative estimate of drug-likeness (QED) is 0.752. The summed E-state index contributed by atoms with van der Waals surface area (Å²) in [6, 6.07) is 4.25. The largest absolute Gasteiger partial charge is 0.368 e. The molecule has 0 spiro atoms. The minimum atomic E-state index is -0.595. The van der Waals surface area contributed by atoms with Crippen molar-refractivity contribution in [2.24, 2.45) is 0 Å². The van der Waals surface area contributed by atoms with Crippen molar-refractivity contribution in [2.45, 2.75) is 25.6 Å². The minimum absolute atomic E-state index is 0.0693. The molecule has 1 heterocycles. The summed E-state index contributed by atoms with van der Waals surface area (Å²) in [7, 11) is 0. The second-order valence-electron chi connectivity index (χ2n) is 5.44. The van der Waals surface area contributed by atoms with Crippen molar-refractivity contribution in [3.8, 4) is 0 Å². The molecular formula is C14H16BrClFNO2. The van der Waals surface area contributed by atoms with Crippen LogP contribution < -0.4 is 0 Å². The Balaban J connectivity index is 2.28.